The number of fused-ring (bicyclic) bond motifs is 1. The Labute approximate surface area is 109 Å². The third-order valence-corrected chi connectivity index (χ3v) is 2.93. The molecule has 0 atom stereocenters. The van der Waals surface area contributed by atoms with Crippen LogP contribution in [-0.4, -0.2) is 9.38 Å². The number of rotatable bonds is 1. The number of pyridine rings is 1. The monoisotopic (exact) mass is 253 g/mol. The van der Waals surface area contributed by atoms with Crippen molar-refractivity contribution < 1.29 is 0 Å². The zero-order chi connectivity index (χ0) is 12.5. The Balaban J connectivity index is 2.16. The van der Waals surface area contributed by atoms with E-state index < -0.39 is 0 Å². The molecule has 0 unspecified atom stereocenters. The zero-order valence-corrected chi connectivity index (χ0v) is 10.1. The van der Waals surface area contributed by atoms with Gasteiger partial charge in [-0.2, -0.15) is 5.26 Å². The number of aromatic nitrogens is 2. The van der Waals surface area contributed by atoms with Crippen LogP contribution >= 0.6 is 11.6 Å². The van der Waals surface area contributed by atoms with Crippen molar-refractivity contribution in [3.63, 3.8) is 0 Å². The minimum atomic E-state index is 0.627. The first-order valence-electron chi connectivity index (χ1n) is 5.41. The van der Waals surface area contributed by atoms with Gasteiger partial charge < -0.3 is 4.40 Å². The predicted molar refractivity (Wildman–Crippen MR) is 70.4 cm³/mol. The Morgan fingerprint density at radius 3 is 2.89 bits per heavy atom. The fraction of sp³-hybridized carbons (Fsp3) is 0. The van der Waals surface area contributed by atoms with Crippen LogP contribution in [0.1, 0.15) is 5.56 Å². The second-order valence-electron chi connectivity index (χ2n) is 3.93. The maximum absolute atomic E-state index is 8.89. The Kier molecular flexibility index (Phi) is 2.51. The normalized spacial score (nSPS) is 10.4. The summed E-state index contributed by atoms with van der Waals surface area (Å²) in [7, 11) is 0. The molecule has 0 N–H and O–H groups in total. The maximum atomic E-state index is 8.89. The van der Waals surface area contributed by atoms with Gasteiger partial charge in [0, 0.05) is 18.0 Å². The van der Waals surface area contributed by atoms with Crippen molar-refractivity contribution in [1.29, 1.82) is 5.26 Å². The molecule has 0 aliphatic carbocycles. The van der Waals surface area contributed by atoms with E-state index in [0.29, 0.717) is 10.6 Å². The molecule has 86 valence electrons. The standard InChI is InChI=1S/C14H8ClN3/c15-12-4-5-14-17-13(9-18(14)8-12)11-3-1-2-10(6-11)7-16/h1-6,8-9H. The van der Waals surface area contributed by atoms with Gasteiger partial charge in [-0.05, 0) is 24.3 Å². The molecule has 3 rings (SSSR count). The Bertz CT molecular complexity index is 768. The molecule has 0 aliphatic rings. The quantitative estimate of drug-likeness (QED) is 0.666. The third-order valence-electron chi connectivity index (χ3n) is 2.70. The smallest absolute Gasteiger partial charge is 0.137 e. The van der Waals surface area contributed by atoms with Crippen molar-refractivity contribution >= 4 is 17.2 Å². The largest absolute Gasteiger partial charge is 0.305 e. The highest BCUT2D eigenvalue weighted by Gasteiger charge is 2.05. The molecule has 18 heavy (non-hydrogen) atoms. The van der Waals surface area contributed by atoms with Crippen molar-refractivity contribution in [1.82, 2.24) is 9.38 Å². The molecule has 0 fully saturated rings. The van der Waals surface area contributed by atoms with Crippen LogP contribution in [-0.2, 0) is 0 Å². The van der Waals surface area contributed by atoms with E-state index >= 15 is 0 Å². The number of halogens is 1. The van der Waals surface area contributed by atoms with Gasteiger partial charge in [0.15, 0.2) is 0 Å². The fourth-order valence-electron chi connectivity index (χ4n) is 1.85. The number of nitriles is 1. The molecule has 2 heterocycles. The summed E-state index contributed by atoms with van der Waals surface area (Å²) in [5, 5.41) is 9.56. The average Bonchev–Trinajstić information content (AvgIpc) is 2.81. The van der Waals surface area contributed by atoms with E-state index in [1.165, 1.54) is 0 Å². The lowest BCUT2D eigenvalue weighted by molar-refractivity contribution is 1.19. The summed E-state index contributed by atoms with van der Waals surface area (Å²) in [6, 6.07) is 13.2. The van der Waals surface area contributed by atoms with Gasteiger partial charge in [0.2, 0.25) is 0 Å². The van der Waals surface area contributed by atoms with Crippen molar-refractivity contribution in [3.8, 4) is 17.3 Å². The first-order chi connectivity index (χ1) is 8.76. The molecule has 0 spiro atoms. The first kappa shape index (κ1) is 10.8. The van der Waals surface area contributed by atoms with Crippen molar-refractivity contribution in [2.24, 2.45) is 0 Å². The molecular formula is C14H8ClN3. The van der Waals surface area contributed by atoms with Gasteiger partial charge in [0.25, 0.3) is 0 Å². The topological polar surface area (TPSA) is 41.1 Å². The van der Waals surface area contributed by atoms with E-state index in [1.54, 1.807) is 12.1 Å². The molecule has 4 heteroatoms. The second-order valence-corrected chi connectivity index (χ2v) is 4.37. The van der Waals surface area contributed by atoms with Crippen LogP contribution < -0.4 is 0 Å². The van der Waals surface area contributed by atoms with E-state index in [9.17, 15) is 0 Å². The molecule has 0 aliphatic heterocycles. The van der Waals surface area contributed by atoms with Crippen LogP contribution in [0.3, 0.4) is 0 Å². The molecule has 0 saturated carbocycles. The molecule has 3 aromatic rings. The summed E-state index contributed by atoms with van der Waals surface area (Å²) in [5.41, 5.74) is 3.21. The highest BCUT2D eigenvalue weighted by molar-refractivity contribution is 6.30. The SMILES string of the molecule is N#Cc1cccc(-c2cn3cc(Cl)ccc3n2)c1. The Morgan fingerprint density at radius 2 is 2.06 bits per heavy atom. The number of hydrogen-bond donors (Lipinski definition) is 0. The summed E-state index contributed by atoms with van der Waals surface area (Å²) in [4.78, 5) is 4.49. The van der Waals surface area contributed by atoms with Crippen LogP contribution in [0, 0.1) is 11.3 Å². The van der Waals surface area contributed by atoms with Gasteiger partial charge in [-0.3, -0.25) is 0 Å². The third kappa shape index (κ3) is 1.83. The van der Waals surface area contributed by atoms with Crippen molar-refractivity contribution in [2.75, 3.05) is 0 Å². The summed E-state index contributed by atoms with van der Waals surface area (Å²) in [5.74, 6) is 0. The lowest BCUT2D eigenvalue weighted by Crippen LogP contribution is -1.79. The summed E-state index contributed by atoms with van der Waals surface area (Å²) >= 11 is 5.93. The molecule has 2 aromatic heterocycles. The summed E-state index contributed by atoms with van der Waals surface area (Å²) < 4.78 is 1.87. The Hall–Kier alpha value is -2.31. The van der Waals surface area contributed by atoms with E-state index in [0.717, 1.165) is 16.9 Å². The first-order valence-corrected chi connectivity index (χ1v) is 5.79. The van der Waals surface area contributed by atoms with E-state index in [-0.39, 0.29) is 0 Å². The summed E-state index contributed by atoms with van der Waals surface area (Å²) in [6.07, 6.45) is 3.71. The van der Waals surface area contributed by atoms with Gasteiger partial charge in [0.1, 0.15) is 5.65 Å². The van der Waals surface area contributed by atoms with Gasteiger partial charge in [-0.25, -0.2) is 4.98 Å². The van der Waals surface area contributed by atoms with E-state index in [1.807, 2.05) is 41.1 Å². The van der Waals surface area contributed by atoms with Gasteiger partial charge in [-0.15, -0.1) is 0 Å². The minimum absolute atomic E-state index is 0.627. The average molecular weight is 254 g/mol. The number of imidazole rings is 1. The van der Waals surface area contributed by atoms with Crippen LogP contribution in [0.25, 0.3) is 16.9 Å². The predicted octanol–water partition coefficient (Wildman–Crippen LogP) is 3.53. The van der Waals surface area contributed by atoms with Gasteiger partial charge >= 0.3 is 0 Å². The van der Waals surface area contributed by atoms with Crippen LogP contribution in [0.4, 0.5) is 0 Å². The molecule has 1 aromatic carbocycles. The maximum Gasteiger partial charge on any atom is 0.137 e. The van der Waals surface area contributed by atoms with Crippen molar-refractivity contribution in [3.05, 3.63) is 59.4 Å². The second kappa shape index (κ2) is 4.17. The lowest BCUT2D eigenvalue weighted by Gasteiger charge is -1.95. The molecular weight excluding hydrogens is 246 g/mol. The van der Waals surface area contributed by atoms with E-state index in [4.69, 9.17) is 16.9 Å². The highest BCUT2D eigenvalue weighted by Crippen LogP contribution is 2.21. The van der Waals surface area contributed by atoms with Crippen LogP contribution in [0.15, 0.2) is 48.8 Å². The molecule has 0 radical (unpaired) electrons. The fourth-order valence-corrected chi connectivity index (χ4v) is 2.02. The molecule has 3 nitrogen and oxygen atoms in total. The molecule has 0 amide bonds. The minimum Gasteiger partial charge on any atom is -0.305 e. The highest BCUT2D eigenvalue weighted by atomic mass is 35.5. The van der Waals surface area contributed by atoms with Gasteiger partial charge in [-0.1, -0.05) is 23.7 Å². The number of benzene rings is 1. The van der Waals surface area contributed by atoms with E-state index in [2.05, 4.69) is 11.1 Å². The molecule has 0 saturated heterocycles. The van der Waals surface area contributed by atoms with Crippen molar-refractivity contribution in [2.45, 2.75) is 0 Å². The number of nitrogens with zero attached hydrogens (tertiary/aromatic N) is 3. The lowest BCUT2D eigenvalue weighted by atomic mass is 10.1. The molecule has 0 bridgehead atoms. The number of hydrogen-bond acceptors (Lipinski definition) is 2. The van der Waals surface area contributed by atoms with Crippen LogP contribution in [0.2, 0.25) is 5.02 Å². The Morgan fingerprint density at radius 1 is 1.17 bits per heavy atom. The zero-order valence-electron chi connectivity index (χ0n) is 9.34. The van der Waals surface area contributed by atoms with Crippen LogP contribution in [0.5, 0.6) is 0 Å². The summed E-state index contributed by atoms with van der Waals surface area (Å²) in [6.45, 7) is 0. The van der Waals surface area contributed by atoms with Gasteiger partial charge in [0.05, 0.1) is 22.3 Å².